The number of carboxylic acid groups (broad SMARTS) is 1. The Labute approximate surface area is 133 Å². The number of aliphatic carboxylic acids is 1. The molecule has 7 heteroatoms. The van der Waals surface area contributed by atoms with Gasteiger partial charge < -0.3 is 10.4 Å². The van der Waals surface area contributed by atoms with E-state index in [0.717, 1.165) is 11.3 Å². The maximum Gasteiger partial charge on any atom is 0.326 e. The van der Waals surface area contributed by atoms with Crippen LogP contribution in [0.1, 0.15) is 29.4 Å². The number of carboxylic acids is 1. The van der Waals surface area contributed by atoms with Crippen LogP contribution in [0.2, 0.25) is 0 Å². The second-order valence-corrected chi connectivity index (χ2v) is 5.06. The van der Waals surface area contributed by atoms with Crippen LogP contribution in [0, 0.1) is 6.92 Å². The highest BCUT2D eigenvalue weighted by molar-refractivity contribution is 5.94. The zero-order valence-electron chi connectivity index (χ0n) is 12.9. The Morgan fingerprint density at radius 3 is 2.87 bits per heavy atom. The third-order valence-corrected chi connectivity index (χ3v) is 3.20. The number of carbonyl (C=O) groups is 2. The van der Waals surface area contributed by atoms with Gasteiger partial charge in [0.15, 0.2) is 5.69 Å². The van der Waals surface area contributed by atoms with Crippen LogP contribution in [0.4, 0.5) is 0 Å². The molecule has 1 amide bonds. The first-order chi connectivity index (χ1) is 11.0. The van der Waals surface area contributed by atoms with Crippen molar-refractivity contribution in [1.29, 1.82) is 0 Å². The number of carbonyl (C=O) groups excluding carboxylic acids is 1. The molecule has 23 heavy (non-hydrogen) atoms. The first-order valence-electron chi connectivity index (χ1n) is 7.15. The van der Waals surface area contributed by atoms with Crippen molar-refractivity contribution in [1.82, 2.24) is 20.3 Å². The van der Waals surface area contributed by atoms with Gasteiger partial charge in [0, 0.05) is 0 Å². The molecule has 0 aliphatic rings. The Kier molecular flexibility index (Phi) is 5.24. The molecule has 2 N–H and O–H groups in total. The van der Waals surface area contributed by atoms with Gasteiger partial charge in [-0.3, -0.25) is 4.79 Å². The van der Waals surface area contributed by atoms with Crippen LogP contribution in [0.5, 0.6) is 0 Å². The minimum Gasteiger partial charge on any atom is -0.480 e. The molecule has 0 radical (unpaired) electrons. The average molecular weight is 314 g/mol. The quantitative estimate of drug-likeness (QED) is 0.791. The molecule has 0 bridgehead atoms. The summed E-state index contributed by atoms with van der Waals surface area (Å²) in [7, 11) is 0. The number of nitrogens with zero attached hydrogens (tertiary/aromatic N) is 3. The van der Waals surface area contributed by atoms with Gasteiger partial charge in [0.2, 0.25) is 0 Å². The van der Waals surface area contributed by atoms with Gasteiger partial charge in [0.25, 0.3) is 5.91 Å². The zero-order chi connectivity index (χ0) is 16.8. The highest BCUT2D eigenvalue weighted by atomic mass is 16.4. The number of allylic oxidation sites excluding steroid dienone is 1. The lowest BCUT2D eigenvalue weighted by Crippen LogP contribution is -2.40. The first kappa shape index (κ1) is 16.4. The molecule has 2 aromatic rings. The van der Waals surface area contributed by atoms with Crippen molar-refractivity contribution in [2.24, 2.45) is 0 Å². The lowest BCUT2D eigenvalue weighted by Gasteiger charge is -2.10. The van der Waals surface area contributed by atoms with E-state index >= 15 is 0 Å². The van der Waals surface area contributed by atoms with Crippen LogP contribution in [0.3, 0.4) is 0 Å². The molecule has 1 atom stereocenters. The maximum absolute atomic E-state index is 12.1. The van der Waals surface area contributed by atoms with Crippen LogP contribution < -0.4 is 5.32 Å². The molecule has 7 nitrogen and oxygen atoms in total. The largest absolute Gasteiger partial charge is 0.480 e. The Hall–Kier alpha value is -2.96. The Balaban J connectivity index is 2.13. The van der Waals surface area contributed by atoms with Crippen molar-refractivity contribution in [3.63, 3.8) is 0 Å². The molecule has 0 aliphatic carbocycles. The molecule has 0 spiro atoms. The summed E-state index contributed by atoms with van der Waals surface area (Å²) in [6.45, 7) is 3.74. The molecule has 0 aliphatic heterocycles. The van der Waals surface area contributed by atoms with E-state index in [0.29, 0.717) is 0 Å². The summed E-state index contributed by atoms with van der Waals surface area (Å²) >= 11 is 0. The summed E-state index contributed by atoms with van der Waals surface area (Å²) < 4.78 is 1.48. The van der Waals surface area contributed by atoms with Crippen LogP contribution >= 0.6 is 0 Å². The number of hydrogen-bond acceptors (Lipinski definition) is 4. The third-order valence-electron chi connectivity index (χ3n) is 3.20. The van der Waals surface area contributed by atoms with Crippen LogP contribution in [0.25, 0.3) is 5.69 Å². The fourth-order valence-electron chi connectivity index (χ4n) is 1.99. The predicted octanol–water partition coefficient (Wildman–Crippen LogP) is 1.72. The van der Waals surface area contributed by atoms with E-state index in [4.69, 9.17) is 5.11 Å². The van der Waals surface area contributed by atoms with E-state index in [9.17, 15) is 9.59 Å². The van der Waals surface area contributed by atoms with E-state index < -0.39 is 17.9 Å². The molecule has 1 unspecified atom stereocenters. The number of hydrogen-bond donors (Lipinski definition) is 2. The van der Waals surface area contributed by atoms with Gasteiger partial charge in [-0.15, -0.1) is 5.10 Å². The van der Waals surface area contributed by atoms with Crippen molar-refractivity contribution in [2.45, 2.75) is 26.3 Å². The number of rotatable bonds is 6. The molecule has 0 fully saturated rings. The van der Waals surface area contributed by atoms with E-state index in [1.165, 1.54) is 10.9 Å². The Morgan fingerprint density at radius 1 is 1.43 bits per heavy atom. The smallest absolute Gasteiger partial charge is 0.326 e. The van der Waals surface area contributed by atoms with Gasteiger partial charge in [-0.25, -0.2) is 9.48 Å². The van der Waals surface area contributed by atoms with Crippen molar-refractivity contribution < 1.29 is 14.7 Å². The molecular weight excluding hydrogens is 296 g/mol. The summed E-state index contributed by atoms with van der Waals surface area (Å²) in [5.74, 6) is -1.66. The molecule has 120 valence electrons. The minimum absolute atomic E-state index is 0.0678. The molecule has 1 heterocycles. The van der Waals surface area contributed by atoms with Gasteiger partial charge in [-0.2, -0.15) is 0 Å². The van der Waals surface area contributed by atoms with Crippen LogP contribution in [0.15, 0.2) is 42.6 Å². The van der Waals surface area contributed by atoms with Gasteiger partial charge in [-0.05, 0) is 38.0 Å². The fraction of sp³-hybridized carbons (Fsp3) is 0.250. The number of benzene rings is 1. The first-order valence-corrected chi connectivity index (χ1v) is 7.15. The minimum atomic E-state index is -1.09. The van der Waals surface area contributed by atoms with Crippen molar-refractivity contribution in [2.75, 3.05) is 0 Å². The highest BCUT2D eigenvalue weighted by Crippen LogP contribution is 2.09. The van der Waals surface area contributed by atoms with Gasteiger partial charge >= 0.3 is 5.97 Å². The summed E-state index contributed by atoms with van der Waals surface area (Å²) in [6, 6.07) is 6.58. The highest BCUT2D eigenvalue weighted by Gasteiger charge is 2.21. The van der Waals surface area contributed by atoms with Crippen molar-refractivity contribution in [3.05, 3.63) is 53.9 Å². The summed E-state index contributed by atoms with van der Waals surface area (Å²) in [5.41, 5.74) is 1.90. The van der Waals surface area contributed by atoms with Gasteiger partial charge in [0.1, 0.15) is 6.04 Å². The lowest BCUT2D eigenvalue weighted by molar-refractivity contribution is -0.139. The van der Waals surface area contributed by atoms with Crippen molar-refractivity contribution in [3.8, 4) is 5.69 Å². The second kappa shape index (κ2) is 7.35. The molecule has 0 saturated heterocycles. The SMILES string of the molecule is C/C=C/CC(NC(=O)c1cn(-c2cccc(C)c2)nn1)C(=O)O. The number of aromatic nitrogens is 3. The molecule has 1 aromatic carbocycles. The van der Waals surface area contributed by atoms with Gasteiger partial charge in [-0.1, -0.05) is 29.5 Å². The van der Waals surface area contributed by atoms with E-state index in [-0.39, 0.29) is 12.1 Å². The molecule has 0 saturated carbocycles. The van der Waals surface area contributed by atoms with E-state index in [2.05, 4.69) is 15.6 Å². The zero-order valence-corrected chi connectivity index (χ0v) is 12.9. The summed E-state index contributed by atoms with van der Waals surface area (Å²) in [5, 5.41) is 19.3. The standard InChI is InChI=1S/C16H18N4O3/c1-3-4-8-13(16(22)23)17-15(21)14-10-20(19-18-14)12-7-5-6-11(2)9-12/h3-7,9-10,13H,8H2,1-2H3,(H,17,21)(H,22,23)/b4-3+. The normalized spacial score (nSPS) is 12.3. The Morgan fingerprint density at radius 2 is 2.22 bits per heavy atom. The van der Waals surface area contributed by atoms with Crippen molar-refractivity contribution >= 4 is 11.9 Å². The monoisotopic (exact) mass is 314 g/mol. The number of aryl methyl sites for hydroxylation is 1. The summed E-state index contributed by atoms with van der Waals surface area (Å²) in [4.78, 5) is 23.3. The molecule has 1 aromatic heterocycles. The fourth-order valence-corrected chi connectivity index (χ4v) is 1.99. The van der Waals surface area contributed by atoms with E-state index in [1.807, 2.05) is 31.2 Å². The number of amides is 1. The predicted molar refractivity (Wildman–Crippen MR) is 84.4 cm³/mol. The molecule has 2 rings (SSSR count). The Bertz CT molecular complexity index is 736. The third kappa shape index (κ3) is 4.26. The number of nitrogens with one attached hydrogen (secondary N) is 1. The van der Waals surface area contributed by atoms with Crippen LogP contribution in [-0.2, 0) is 4.79 Å². The van der Waals surface area contributed by atoms with Gasteiger partial charge in [0.05, 0.1) is 11.9 Å². The maximum atomic E-state index is 12.1. The molecular formula is C16H18N4O3. The van der Waals surface area contributed by atoms with Crippen LogP contribution in [-0.4, -0.2) is 38.0 Å². The average Bonchev–Trinajstić information content (AvgIpc) is 3.01. The second-order valence-electron chi connectivity index (χ2n) is 5.06. The lowest BCUT2D eigenvalue weighted by atomic mass is 10.2. The van der Waals surface area contributed by atoms with E-state index in [1.54, 1.807) is 19.1 Å². The topological polar surface area (TPSA) is 97.1 Å². The summed E-state index contributed by atoms with van der Waals surface area (Å²) in [6.07, 6.45) is 5.10.